The zero-order valence-electron chi connectivity index (χ0n) is 13.0. The summed E-state index contributed by atoms with van der Waals surface area (Å²) in [6.45, 7) is 2.23. The van der Waals surface area contributed by atoms with Crippen LogP contribution in [0.1, 0.15) is 84.0 Å². The summed E-state index contributed by atoms with van der Waals surface area (Å²) in [6.07, 6.45) is 12.9. The van der Waals surface area contributed by atoms with Crippen LogP contribution in [0.2, 0.25) is 0 Å². The molecule has 0 spiro atoms. The molecule has 1 amide bonds. The lowest BCUT2D eigenvalue weighted by Crippen LogP contribution is -2.34. The molecule has 1 unspecified atom stereocenters. The van der Waals surface area contributed by atoms with E-state index in [2.05, 4.69) is 6.92 Å². The SMILES string of the molecule is CCCCCCCCCCCCC(=O)C(N)CC(N)=O. The number of carbonyl (C=O) groups is 2. The molecule has 0 saturated carbocycles. The first-order valence-electron chi connectivity index (χ1n) is 8.14. The van der Waals surface area contributed by atoms with Gasteiger partial charge in [-0.1, -0.05) is 64.7 Å². The van der Waals surface area contributed by atoms with Crippen molar-refractivity contribution in [2.24, 2.45) is 11.5 Å². The van der Waals surface area contributed by atoms with Gasteiger partial charge < -0.3 is 11.5 Å². The summed E-state index contributed by atoms with van der Waals surface area (Å²) in [5, 5.41) is 0. The molecular formula is C16H32N2O2. The van der Waals surface area contributed by atoms with Gasteiger partial charge in [-0.3, -0.25) is 9.59 Å². The molecule has 4 N–H and O–H groups in total. The number of unbranched alkanes of at least 4 members (excludes halogenated alkanes) is 9. The molecule has 0 aromatic carbocycles. The second kappa shape index (κ2) is 13.1. The van der Waals surface area contributed by atoms with Crippen molar-refractivity contribution in [1.29, 1.82) is 0 Å². The van der Waals surface area contributed by atoms with E-state index < -0.39 is 11.9 Å². The van der Waals surface area contributed by atoms with Crippen LogP contribution >= 0.6 is 0 Å². The first-order valence-corrected chi connectivity index (χ1v) is 8.14. The van der Waals surface area contributed by atoms with Crippen LogP contribution in [-0.2, 0) is 9.59 Å². The number of Topliss-reactive ketones (excluding diaryl/α,β-unsaturated/α-hetero) is 1. The lowest BCUT2D eigenvalue weighted by molar-refractivity contribution is -0.125. The average molecular weight is 284 g/mol. The van der Waals surface area contributed by atoms with E-state index in [1.807, 2.05) is 0 Å². The molecule has 1 atom stereocenters. The van der Waals surface area contributed by atoms with Crippen LogP contribution in [0.4, 0.5) is 0 Å². The van der Waals surface area contributed by atoms with E-state index in [-0.39, 0.29) is 12.2 Å². The third kappa shape index (κ3) is 12.2. The molecule has 0 rings (SSSR count). The normalized spacial score (nSPS) is 12.3. The summed E-state index contributed by atoms with van der Waals surface area (Å²) >= 11 is 0. The molecule has 20 heavy (non-hydrogen) atoms. The summed E-state index contributed by atoms with van der Waals surface area (Å²) in [4.78, 5) is 22.2. The lowest BCUT2D eigenvalue weighted by atomic mass is 10.0. The molecule has 118 valence electrons. The number of hydrogen-bond acceptors (Lipinski definition) is 3. The third-order valence-electron chi connectivity index (χ3n) is 3.61. The summed E-state index contributed by atoms with van der Waals surface area (Å²) in [5.41, 5.74) is 10.6. The van der Waals surface area contributed by atoms with Crippen molar-refractivity contribution in [1.82, 2.24) is 0 Å². The van der Waals surface area contributed by atoms with Crippen molar-refractivity contribution in [2.75, 3.05) is 0 Å². The Hall–Kier alpha value is -0.900. The monoisotopic (exact) mass is 284 g/mol. The predicted molar refractivity (Wildman–Crippen MR) is 83.3 cm³/mol. The minimum absolute atomic E-state index is 0.0312. The lowest BCUT2D eigenvalue weighted by Gasteiger charge is -2.08. The molecule has 0 radical (unpaired) electrons. The van der Waals surface area contributed by atoms with Crippen molar-refractivity contribution in [3.05, 3.63) is 0 Å². The maximum absolute atomic E-state index is 11.6. The Labute approximate surface area is 123 Å². The van der Waals surface area contributed by atoms with Crippen molar-refractivity contribution in [3.8, 4) is 0 Å². The molecule has 0 heterocycles. The van der Waals surface area contributed by atoms with E-state index in [0.29, 0.717) is 6.42 Å². The van der Waals surface area contributed by atoms with Crippen LogP contribution in [0.25, 0.3) is 0 Å². The number of hydrogen-bond donors (Lipinski definition) is 2. The van der Waals surface area contributed by atoms with Gasteiger partial charge in [-0.2, -0.15) is 0 Å². The Morgan fingerprint density at radius 1 is 0.850 bits per heavy atom. The number of nitrogens with two attached hydrogens (primary N) is 2. The minimum atomic E-state index is -0.703. The Morgan fingerprint density at radius 2 is 1.30 bits per heavy atom. The molecule has 0 bridgehead atoms. The molecule has 4 heteroatoms. The highest BCUT2D eigenvalue weighted by atomic mass is 16.1. The Bertz CT molecular complexity index is 267. The van der Waals surface area contributed by atoms with Gasteiger partial charge in [0.15, 0.2) is 0 Å². The molecule has 0 aliphatic rings. The first-order chi connectivity index (χ1) is 9.57. The van der Waals surface area contributed by atoms with Gasteiger partial charge in [0.25, 0.3) is 0 Å². The van der Waals surface area contributed by atoms with E-state index >= 15 is 0 Å². The smallest absolute Gasteiger partial charge is 0.219 e. The topological polar surface area (TPSA) is 86.2 Å². The Kier molecular flexibility index (Phi) is 12.5. The standard InChI is InChI=1S/C16H32N2O2/c1-2-3-4-5-6-7-8-9-10-11-12-15(19)14(17)13-16(18)20/h14H,2-13,17H2,1H3,(H2,18,20). The van der Waals surface area contributed by atoms with Gasteiger partial charge in [-0.15, -0.1) is 0 Å². The molecule has 4 nitrogen and oxygen atoms in total. The second-order valence-corrected chi connectivity index (χ2v) is 5.68. The number of primary amides is 1. The summed E-state index contributed by atoms with van der Waals surface area (Å²) in [7, 11) is 0. The van der Waals surface area contributed by atoms with Gasteiger partial charge in [0, 0.05) is 12.8 Å². The van der Waals surface area contributed by atoms with E-state index in [9.17, 15) is 9.59 Å². The molecule has 0 saturated heterocycles. The van der Waals surface area contributed by atoms with Crippen LogP contribution in [0, 0.1) is 0 Å². The highest BCUT2D eigenvalue weighted by Crippen LogP contribution is 2.11. The maximum Gasteiger partial charge on any atom is 0.219 e. The predicted octanol–water partition coefficient (Wildman–Crippen LogP) is 3.07. The minimum Gasteiger partial charge on any atom is -0.370 e. The van der Waals surface area contributed by atoms with Crippen molar-refractivity contribution < 1.29 is 9.59 Å². The molecule has 0 aliphatic heterocycles. The zero-order valence-corrected chi connectivity index (χ0v) is 13.0. The van der Waals surface area contributed by atoms with E-state index in [1.54, 1.807) is 0 Å². The maximum atomic E-state index is 11.6. The van der Waals surface area contributed by atoms with Crippen LogP contribution in [0.3, 0.4) is 0 Å². The highest BCUT2D eigenvalue weighted by Gasteiger charge is 2.14. The largest absolute Gasteiger partial charge is 0.370 e. The number of ketones is 1. The van der Waals surface area contributed by atoms with Gasteiger partial charge in [-0.05, 0) is 6.42 Å². The van der Waals surface area contributed by atoms with Gasteiger partial charge >= 0.3 is 0 Å². The van der Waals surface area contributed by atoms with Crippen LogP contribution < -0.4 is 11.5 Å². The quantitative estimate of drug-likeness (QED) is 0.481. The van der Waals surface area contributed by atoms with E-state index in [4.69, 9.17) is 11.5 Å². The highest BCUT2D eigenvalue weighted by molar-refractivity contribution is 5.88. The van der Waals surface area contributed by atoms with Crippen molar-refractivity contribution >= 4 is 11.7 Å². The number of carbonyl (C=O) groups excluding carboxylic acids is 2. The van der Waals surface area contributed by atoms with Crippen LogP contribution in [0.15, 0.2) is 0 Å². The number of amides is 1. The number of rotatable bonds is 14. The molecular weight excluding hydrogens is 252 g/mol. The second-order valence-electron chi connectivity index (χ2n) is 5.68. The van der Waals surface area contributed by atoms with Crippen LogP contribution in [-0.4, -0.2) is 17.7 Å². The third-order valence-corrected chi connectivity index (χ3v) is 3.61. The fourth-order valence-electron chi connectivity index (χ4n) is 2.30. The van der Waals surface area contributed by atoms with Crippen molar-refractivity contribution in [3.63, 3.8) is 0 Å². The summed E-state index contributed by atoms with van der Waals surface area (Å²) < 4.78 is 0. The van der Waals surface area contributed by atoms with E-state index in [0.717, 1.165) is 12.8 Å². The molecule has 0 aliphatic carbocycles. The Morgan fingerprint density at radius 3 is 1.75 bits per heavy atom. The van der Waals surface area contributed by atoms with Gasteiger partial charge in [0.1, 0.15) is 5.78 Å². The fraction of sp³-hybridized carbons (Fsp3) is 0.875. The molecule has 0 fully saturated rings. The Balaban J connectivity index is 3.31. The van der Waals surface area contributed by atoms with Gasteiger partial charge in [0.2, 0.25) is 5.91 Å². The van der Waals surface area contributed by atoms with Crippen LogP contribution in [0.5, 0.6) is 0 Å². The molecule has 0 aromatic heterocycles. The fourth-order valence-corrected chi connectivity index (χ4v) is 2.30. The first kappa shape index (κ1) is 19.1. The van der Waals surface area contributed by atoms with Gasteiger partial charge in [-0.25, -0.2) is 0 Å². The van der Waals surface area contributed by atoms with Crippen molar-refractivity contribution in [2.45, 2.75) is 90.0 Å². The van der Waals surface area contributed by atoms with Gasteiger partial charge in [0.05, 0.1) is 6.04 Å². The molecule has 0 aromatic rings. The zero-order chi connectivity index (χ0) is 15.2. The van der Waals surface area contributed by atoms with E-state index in [1.165, 1.54) is 51.4 Å². The summed E-state index contributed by atoms with van der Waals surface area (Å²) in [6, 6.07) is -0.703. The average Bonchev–Trinajstić information content (AvgIpc) is 2.39. The summed E-state index contributed by atoms with van der Waals surface area (Å²) in [5.74, 6) is -0.544.